The summed E-state index contributed by atoms with van der Waals surface area (Å²) in [5, 5.41) is 7.65. The van der Waals surface area contributed by atoms with Gasteiger partial charge < -0.3 is 20.5 Å². The Labute approximate surface area is 110 Å². The van der Waals surface area contributed by atoms with E-state index in [1.54, 1.807) is 6.20 Å². The molecule has 0 amide bonds. The first-order chi connectivity index (χ1) is 9.33. The van der Waals surface area contributed by atoms with Gasteiger partial charge in [-0.15, -0.1) is 0 Å². The third-order valence-corrected chi connectivity index (χ3v) is 3.61. The van der Waals surface area contributed by atoms with Crippen LogP contribution in [0.25, 0.3) is 0 Å². The first-order valence-electron chi connectivity index (χ1n) is 6.29. The number of hydrogen-bond acceptors (Lipinski definition) is 5. The molecule has 19 heavy (non-hydrogen) atoms. The fourth-order valence-corrected chi connectivity index (χ4v) is 2.67. The van der Waals surface area contributed by atoms with E-state index in [1.165, 1.54) is 0 Å². The van der Waals surface area contributed by atoms with Gasteiger partial charge in [0.2, 0.25) is 6.79 Å². The number of hydrogen-bond donors (Lipinski definition) is 2. The molecule has 3 heterocycles. The lowest BCUT2D eigenvalue weighted by molar-refractivity contribution is 0.174. The zero-order valence-corrected chi connectivity index (χ0v) is 10.3. The highest BCUT2D eigenvalue weighted by atomic mass is 16.7. The van der Waals surface area contributed by atoms with E-state index in [2.05, 4.69) is 16.5 Å². The second kappa shape index (κ2) is 3.81. The molecule has 0 spiro atoms. The minimum absolute atomic E-state index is 0.183. The summed E-state index contributed by atoms with van der Waals surface area (Å²) in [4.78, 5) is 0. The van der Waals surface area contributed by atoms with E-state index in [0.29, 0.717) is 12.5 Å². The van der Waals surface area contributed by atoms with Gasteiger partial charge in [-0.2, -0.15) is 5.10 Å². The second-order valence-electron chi connectivity index (χ2n) is 4.74. The van der Waals surface area contributed by atoms with Crippen molar-refractivity contribution in [3.05, 3.63) is 30.0 Å². The molecule has 98 valence electrons. The molecule has 0 radical (unpaired) electrons. The lowest BCUT2D eigenvalue weighted by Gasteiger charge is -2.26. The molecule has 0 saturated heterocycles. The molecule has 1 aromatic heterocycles. The van der Waals surface area contributed by atoms with E-state index in [1.807, 2.05) is 16.8 Å². The zero-order chi connectivity index (χ0) is 12.8. The quantitative estimate of drug-likeness (QED) is 0.812. The summed E-state index contributed by atoms with van der Waals surface area (Å²) in [6, 6.07) is 6.22. The van der Waals surface area contributed by atoms with Crippen LogP contribution in [0.3, 0.4) is 0 Å². The Morgan fingerprint density at radius 1 is 1.32 bits per heavy atom. The van der Waals surface area contributed by atoms with Crippen molar-refractivity contribution < 1.29 is 9.47 Å². The molecule has 2 aliphatic rings. The summed E-state index contributed by atoms with van der Waals surface area (Å²) in [6.07, 6.45) is 2.65. The molecular formula is C13H14N4O2. The number of nitrogens with two attached hydrogens (primary N) is 1. The Morgan fingerprint density at radius 3 is 3.16 bits per heavy atom. The number of ether oxygens (including phenoxy) is 2. The summed E-state index contributed by atoms with van der Waals surface area (Å²) in [7, 11) is 0. The largest absolute Gasteiger partial charge is 0.454 e. The van der Waals surface area contributed by atoms with Gasteiger partial charge in [-0.3, -0.25) is 0 Å². The number of nitrogens with one attached hydrogen (secondary N) is 1. The number of aromatic nitrogens is 2. The summed E-state index contributed by atoms with van der Waals surface area (Å²) in [5.41, 5.74) is 7.75. The topological polar surface area (TPSA) is 74.3 Å². The monoisotopic (exact) mass is 258 g/mol. The van der Waals surface area contributed by atoms with Gasteiger partial charge in [0.1, 0.15) is 5.82 Å². The first-order valence-corrected chi connectivity index (χ1v) is 6.29. The molecular weight excluding hydrogens is 244 g/mol. The highest BCUT2D eigenvalue weighted by molar-refractivity contribution is 5.62. The van der Waals surface area contributed by atoms with E-state index in [-0.39, 0.29) is 6.04 Å². The van der Waals surface area contributed by atoms with Crippen LogP contribution in [0.5, 0.6) is 11.5 Å². The predicted octanol–water partition coefficient (Wildman–Crippen LogP) is 1.60. The van der Waals surface area contributed by atoms with Crippen LogP contribution in [0, 0.1) is 0 Å². The molecule has 1 atom stereocenters. The van der Waals surface area contributed by atoms with Gasteiger partial charge in [0.05, 0.1) is 17.9 Å². The van der Waals surface area contributed by atoms with Gasteiger partial charge in [0, 0.05) is 6.54 Å². The SMILES string of the molecule is Nc1cnn2c1NCCC2c1ccc2c(c1)OCO2. The van der Waals surface area contributed by atoms with Gasteiger partial charge in [-0.25, -0.2) is 4.68 Å². The summed E-state index contributed by atoms with van der Waals surface area (Å²) >= 11 is 0. The van der Waals surface area contributed by atoms with Gasteiger partial charge in [-0.1, -0.05) is 6.07 Å². The predicted molar refractivity (Wildman–Crippen MR) is 70.5 cm³/mol. The lowest BCUT2D eigenvalue weighted by Crippen LogP contribution is -2.24. The number of anilines is 2. The van der Waals surface area contributed by atoms with Crippen LogP contribution >= 0.6 is 0 Å². The maximum Gasteiger partial charge on any atom is 0.231 e. The molecule has 6 heteroatoms. The number of benzene rings is 1. The smallest absolute Gasteiger partial charge is 0.231 e. The molecule has 1 aromatic carbocycles. The number of nitrogen functional groups attached to an aromatic ring is 1. The molecule has 0 bridgehead atoms. The third kappa shape index (κ3) is 1.53. The van der Waals surface area contributed by atoms with Crippen LogP contribution < -0.4 is 20.5 Å². The molecule has 3 N–H and O–H groups in total. The van der Waals surface area contributed by atoms with Crippen molar-refractivity contribution in [1.29, 1.82) is 0 Å². The number of rotatable bonds is 1. The third-order valence-electron chi connectivity index (χ3n) is 3.61. The van der Waals surface area contributed by atoms with E-state index >= 15 is 0 Å². The van der Waals surface area contributed by atoms with Crippen molar-refractivity contribution in [3.8, 4) is 11.5 Å². The first kappa shape index (κ1) is 10.5. The Balaban J connectivity index is 1.77. The number of fused-ring (bicyclic) bond motifs is 2. The van der Waals surface area contributed by atoms with Crippen molar-refractivity contribution in [2.24, 2.45) is 0 Å². The maximum absolute atomic E-state index is 5.90. The highest BCUT2D eigenvalue weighted by Crippen LogP contribution is 2.38. The van der Waals surface area contributed by atoms with Crippen LogP contribution in [0.1, 0.15) is 18.0 Å². The van der Waals surface area contributed by atoms with Crippen molar-refractivity contribution in [1.82, 2.24) is 9.78 Å². The normalized spacial score (nSPS) is 19.9. The Hall–Kier alpha value is -2.37. The average Bonchev–Trinajstić information content (AvgIpc) is 3.05. The zero-order valence-electron chi connectivity index (χ0n) is 10.3. The van der Waals surface area contributed by atoms with Crippen LogP contribution in [0.4, 0.5) is 11.5 Å². The van der Waals surface area contributed by atoms with Crippen molar-refractivity contribution in [2.45, 2.75) is 12.5 Å². The minimum atomic E-state index is 0.183. The van der Waals surface area contributed by atoms with Crippen molar-refractivity contribution in [2.75, 3.05) is 24.4 Å². The fraction of sp³-hybridized carbons (Fsp3) is 0.308. The standard InChI is InChI=1S/C13H14N4O2/c14-9-6-16-17-10(3-4-15-13(9)17)8-1-2-11-12(5-8)19-7-18-11/h1-2,5-6,10,15H,3-4,7,14H2. The second-order valence-corrected chi connectivity index (χ2v) is 4.74. The molecule has 2 aliphatic heterocycles. The highest BCUT2D eigenvalue weighted by Gasteiger charge is 2.25. The van der Waals surface area contributed by atoms with Crippen LogP contribution in [0.15, 0.2) is 24.4 Å². The number of nitrogens with zero attached hydrogens (tertiary/aromatic N) is 2. The van der Waals surface area contributed by atoms with E-state index in [9.17, 15) is 0 Å². The maximum atomic E-state index is 5.90. The Kier molecular flexibility index (Phi) is 2.11. The van der Waals surface area contributed by atoms with Crippen LogP contribution in [-0.2, 0) is 0 Å². The van der Waals surface area contributed by atoms with E-state index in [4.69, 9.17) is 15.2 Å². The molecule has 2 aromatic rings. The van der Waals surface area contributed by atoms with Gasteiger partial charge in [0.15, 0.2) is 11.5 Å². The summed E-state index contributed by atoms with van der Waals surface area (Å²) in [6.45, 7) is 1.18. The summed E-state index contributed by atoms with van der Waals surface area (Å²) in [5.74, 6) is 2.50. The van der Waals surface area contributed by atoms with Crippen molar-refractivity contribution >= 4 is 11.5 Å². The van der Waals surface area contributed by atoms with Gasteiger partial charge >= 0.3 is 0 Å². The molecule has 1 unspecified atom stereocenters. The molecule has 6 nitrogen and oxygen atoms in total. The van der Waals surface area contributed by atoms with E-state index < -0.39 is 0 Å². The molecule has 0 saturated carbocycles. The van der Waals surface area contributed by atoms with Crippen LogP contribution in [-0.4, -0.2) is 23.1 Å². The Bertz CT molecular complexity index is 638. The van der Waals surface area contributed by atoms with E-state index in [0.717, 1.165) is 35.8 Å². The van der Waals surface area contributed by atoms with Crippen molar-refractivity contribution in [3.63, 3.8) is 0 Å². The van der Waals surface area contributed by atoms with Crippen LogP contribution in [0.2, 0.25) is 0 Å². The van der Waals surface area contributed by atoms with Gasteiger partial charge in [0.25, 0.3) is 0 Å². The lowest BCUT2D eigenvalue weighted by atomic mass is 10.0. The summed E-state index contributed by atoms with van der Waals surface area (Å²) < 4.78 is 12.7. The van der Waals surface area contributed by atoms with Gasteiger partial charge in [-0.05, 0) is 24.1 Å². The Morgan fingerprint density at radius 2 is 2.21 bits per heavy atom. The average molecular weight is 258 g/mol. The molecule has 4 rings (SSSR count). The molecule has 0 fully saturated rings. The molecule has 0 aliphatic carbocycles. The fourth-order valence-electron chi connectivity index (χ4n) is 2.67. The minimum Gasteiger partial charge on any atom is -0.454 e.